The Bertz CT molecular complexity index is 521. The zero-order valence-corrected chi connectivity index (χ0v) is 14.3. The van der Waals surface area contributed by atoms with Gasteiger partial charge in [-0.25, -0.2) is 0 Å². The lowest BCUT2D eigenvalue weighted by Crippen LogP contribution is -2.46. The predicted octanol–water partition coefficient (Wildman–Crippen LogP) is 1.97. The molecule has 1 aliphatic heterocycles. The average molecular weight is 320 g/mol. The van der Waals surface area contributed by atoms with E-state index in [4.69, 9.17) is 4.74 Å². The Morgan fingerprint density at radius 1 is 1.52 bits per heavy atom. The Kier molecular flexibility index (Phi) is 6.42. The summed E-state index contributed by atoms with van der Waals surface area (Å²) in [7, 11) is 1.56. The van der Waals surface area contributed by atoms with E-state index < -0.39 is 6.10 Å². The van der Waals surface area contributed by atoms with Crippen LogP contribution < -0.4 is 10.1 Å². The lowest BCUT2D eigenvalue weighted by molar-refractivity contribution is -0.130. The van der Waals surface area contributed by atoms with Gasteiger partial charge in [0.2, 0.25) is 0 Å². The minimum Gasteiger partial charge on any atom is -0.497 e. The van der Waals surface area contributed by atoms with Crippen molar-refractivity contribution in [3.05, 3.63) is 29.8 Å². The number of nitrogens with zero attached hydrogens (tertiary/aromatic N) is 1. The monoisotopic (exact) mass is 320 g/mol. The zero-order chi connectivity index (χ0) is 16.8. The molecule has 0 aromatic heterocycles. The molecule has 2 N–H and O–H groups in total. The third kappa shape index (κ3) is 5.22. The number of hydrogen-bond acceptors (Lipinski definition) is 4. The van der Waals surface area contributed by atoms with Crippen molar-refractivity contribution in [2.24, 2.45) is 5.92 Å². The van der Waals surface area contributed by atoms with Gasteiger partial charge < -0.3 is 20.1 Å². The molecule has 0 saturated carbocycles. The van der Waals surface area contributed by atoms with Gasteiger partial charge in [-0.1, -0.05) is 19.1 Å². The molecular formula is C18H28N2O3. The molecule has 23 heavy (non-hydrogen) atoms. The standard InChI is InChI=1S/C18H28N2O3/c1-13-6-5-9-20(11-13)12-14(2)19-18(22)17(21)15-7-4-8-16(10-15)23-3/h4,7-8,10,13-14,17,21H,5-6,9,11-12H2,1-3H3,(H,19,22). The zero-order valence-electron chi connectivity index (χ0n) is 14.3. The largest absolute Gasteiger partial charge is 0.497 e. The quantitative estimate of drug-likeness (QED) is 0.841. The summed E-state index contributed by atoms with van der Waals surface area (Å²) in [5.74, 6) is 0.981. The molecule has 1 aromatic rings. The molecule has 3 atom stereocenters. The first-order valence-corrected chi connectivity index (χ1v) is 8.34. The molecule has 1 aromatic carbocycles. The maximum Gasteiger partial charge on any atom is 0.253 e. The highest BCUT2D eigenvalue weighted by Gasteiger charge is 2.22. The van der Waals surface area contributed by atoms with E-state index in [-0.39, 0.29) is 11.9 Å². The predicted molar refractivity (Wildman–Crippen MR) is 90.4 cm³/mol. The summed E-state index contributed by atoms with van der Waals surface area (Å²) in [6, 6.07) is 6.97. The van der Waals surface area contributed by atoms with Crippen LogP contribution in [0.15, 0.2) is 24.3 Å². The Hall–Kier alpha value is -1.59. The van der Waals surface area contributed by atoms with Crippen LogP contribution in [0.5, 0.6) is 5.75 Å². The van der Waals surface area contributed by atoms with Crippen molar-refractivity contribution in [1.82, 2.24) is 10.2 Å². The number of carbonyl (C=O) groups is 1. The highest BCUT2D eigenvalue weighted by molar-refractivity contribution is 5.82. The molecule has 1 saturated heterocycles. The Balaban J connectivity index is 1.87. The third-order valence-corrected chi connectivity index (χ3v) is 4.32. The summed E-state index contributed by atoms with van der Waals surface area (Å²) < 4.78 is 5.13. The van der Waals surface area contributed by atoms with Crippen LogP contribution in [0.2, 0.25) is 0 Å². The highest BCUT2D eigenvalue weighted by Crippen LogP contribution is 2.19. The van der Waals surface area contributed by atoms with Gasteiger partial charge in [0.1, 0.15) is 5.75 Å². The van der Waals surface area contributed by atoms with Gasteiger partial charge in [-0.05, 0) is 49.9 Å². The van der Waals surface area contributed by atoms with E-state index in [0.29, 0.717) is 17.2 Å². The molecule has 5 heteroatoms. The number of benzene rings is 1. The van der Waals surface area contributed by atoms with Crippen molar-refractivity contribution in [3.8, 4) is 5.75 Å². The van der Waals surface area contributed by atoms with Crippen molar-refractivity contribution < 1.29 is 14.6 Å². The van der Waals surface area contributed by atoms with Crippen LogP contribution in [-0.4, -0.2) is 48.7 Å². The van der Waals surface area contributed by atoms with Crippen molar-refractivity contribution >= 4 is 5.91 Å². The molecule has 1 fully saturated rings. The smallest absolute Gasteiger partial charge is 0.253 e. The number of likely N-dealkylation sites (tertiary alicyclic amines) is 1. The highest BCUT2D eigenvalue weighted by atomic mass is 16.5. The summed E-state index contributed by atoms with van der Waals surface area (Å²) in [5.41, 5.74) is 0.542. The molecular weight excluding hydrogens is 292 g/mol. The summed E-state index contributed by atoms with van der Waals surface area (Å²) in [4.78, 5) is 14.6. The van der Waals surface area contributed by atoms with Gasteiger partial charge in [0.15, 0.2) is 6.10 Å². The van der Waals surface area contributed by atoms with Crippen molar-refractivity contribution in [2.45, 2.75) is 38.8 Å². The normalized spacial score (nSPS) is 21.5. The maximum absolute atomic E-state index is 12.2. The number of methoxy groups -OCH3 is 1. The van der Waals surface area contributed by atoms with Crippen LogP contribution in [0.25, 0.3) is 0 Å². The second-order valence-electron chi connectivity index (χ2n) is 6.60. The number of rotatable bonds is 6. The number of piperidine rings is 1. The summed E-state index contributed by atoms with van der Waals surface area (Å²) >= 11 is 0. The number of nitrogens with one attached hydrogen (secondary N) is 1. The topological polar surface area (TPSA) is 61.8 Å². The third-order valence-electron chi connectivity index (χ3n) is 4.32. The average Bonchev–Trinajstić information content (AvgIpc) is 2.54. The van der Waals surface area contributed by atoms with Crippen LogP contribution in [-0.2, 0) is 4.79 Å². The van der Waals surface area contributed by atoms with Crippen LogP contribution in [0.4, 0.5) is 0 Å². The van der Waals surface area contributed by atoms with E-state index in [0.717, 1.165) is 19.6 Å². The van der Waals surface area contributed by atoms with Crippen LogP contribution in [0, 0.1) is 5.92 Å². The Labute approximate surface area is 138 Å². The molecule has 0 spiro atoms. The number of amides is 1. The van der Waals surface area contributed by atoms with Gasteiger partial charge in [0, 0.05) is 19.1 Å². The van der Waals surface area contributed by atoms with Crippen molar-refractivity contribution in [1.29, 1.82) is 0 Å². The van der Waals surface area contributed by atoms with E-state index >= 15 is 0 Å². The molecule has 1 aliphatic rings. The van der Waals surface area contributed by atoms with E-state index in [1.807, 2.05) is 6.92 Å². The second kappa shape index (κ2) is 8.31. The van der Waals surface area contributed by atoms with Crippen LogP contribution >= 0.6 is 0 Å². The SMILES string of the molecule is COc1cccc(C(O)C(=O)NC(C)CN2CCCC(C)C2)c1. The fraction of sp³-hybridized carbons (Fsp3) is 0.611. The molecule has 0 radical (unpaired) electrons. The summed E-state index contributed by atoms with van der Waals surface area (Å²) in [5, 5.41) is 13.1. The Morgan fingerprint density at radius 3 is 3.00 bits per heavy atom. The number of aliphatic hydroxyl groups excluding tert-OH is 1. The molecule has 0 aliphatic carbocycles. The minimum atomic E-state index is -1.17. The van der Waals surface area contributed by atoms with Gasteiger partial charge in [-0.3, -0.25) is 4.79 Å². The van der Waals surface area contributed by atoms with Crippen LogP contribution in [0.3, 0.4) is 0 Å². The summed E-state index contributed by atoms with van der Waals surface area (Å²) in [6.45, 7) is 7.24. The van der Waals surface area contributed by atoms with Gasteiger partial charge in [-0.2, -0.15) is 0 Å². The molecule has 1 heterocycles. The Morgan fingerprint density at radius 2 is 2.30 bits per heavy atom. The fourth-order valence-electron chi connectivity index (χ4n) is 3.17. The fourth-order valence-corrected chi connectivity index (χ4v) is 3.17. The lowest BCUT2D eigenvalue weighted by atomic mass is 10.00. The second-order valence-corrected chi connectivity index (χ2v) is 6.60. The molecule has 1 amide bonds. The molecule has 5 nitrogen and oxygen atoms in total. The van der Waals surface area contributed by atoms with E-state index in [9.17, 15) is 9.90 Å². The van der Waals surface area contributed by atoms with E-state index in [2.05, 4.69) is 17.1 Å². The van der Waals surface area contributed by atoms with E-state index in [1.54, 1.807) is 31.4 Å². The van der Waals surface area contributed by atoms with E-state index in [1.165, 1.54) is 12.8 Å². The molecule has 128 valence electrons. The lowest BCUT2D eigenvalue weighted by Gasteiger charge is -2.33. The summed E-state index contributed by atoms with van der Waals surface area (Å²) in [6.07, 6.45) is 1.33. The molecule has 3 unspecified atom stereocenters. The van der Waals surface area contributed by atoms with Gasteiger partial charge in [0.05, 0.1) is 7.11 Å². The number of aliphatic hydroxyl groups is 1. The van der Waals surface area contributed by atoms with Gasteiger partial charge >= 0.3 is 0 Å². The van der Waals surface area contributed by atoms with Crippen LogP contribution in [0.1, 0.15) is 38.4 Å². The van der Waals surface area contributed by atoms with Gasteiger partial charge in [-0.15, -0.1) is 0 Å². The number of carbonyl (C=O) groups excluding carboxylic acids is 1. The van der Waals surface area contributed by atoms with Crippen molar-refractivity contribution in [3.63, 3.8) is 0 Å². The van der Waals surface area contributed by atoms with Crippen molar-refractivity contribution in [2.75, 3.05) is 26.7 Å². The first-order chi connectivity index (χ1) is 11.0. The molecule has 2 rings (SSSR count). The first kappa shape index (κ1) is 17.8. The number of ether oxygens (including phenoxy) is 1. The van der Waals surface area contributed by atoms with Gasteiger partial charge in [0.25, 0.3) is 5.91 Å². The minimum absolute atomic E-state index is 0.00746. The first-order valence-electron chi connectivity index (χ1n) is 8.34. The number of hydrogen-bond donors (Lipinski definition) is 2. The maximum atomic E-state index is 12.2. The molecule has 0 bridgehead atoms.